The SMILES string of the molecule is CCCCCCOC(=O)NC(=N)c1ccc(NCc2nc3cc(C(=O)N(CCC(=O)OCc4nc(C)c(C)nc4C)c4ccccn4)ccc3n2C)cc1. The van der Waals surface area contributed by atoms with Crippen LogP contribution in [-0.2, 0) is 34.5 Å². The molecule has 3 aromatic heterocycles. The number of alkyl carbamates (subject to hydrolysis) is 1. The van der Waals surface area contributed by atoms with E-state index in [1.807, 2.05) is 50.6 Å². The lowest BCUT2D eigenvalue weighted by molar-refractivity contribution is -0.144. The maximum absolute atomic E-state index is 13.9. The largest absolute Gasteiger partial charge is 0.459 e. The van der Waals surface area contributed by atoms with Crippen molar-refractivity contribution in [2.45, 2.75) is 73.0 Å². The number of pyridine rings is 1. The maximum Gasteiger partial charge on any atom is 0.412 e. The van der Waals surface area contributed by atoms with E-state index in [1.54, 1.807) is 48.7 Å². The summed E-state index contributed by atoms with van der Waals surface area (Å²) in [6.45, 7) is 8.46. The smallest absolute Gasteiger partial charge is 0.412 e. The summed E-state index contributed by atoms with van der Waals surface area (Å²) >= 11 is 0. The number of imidazole rings is 1. The van der Waals surface area contributed by atoms with Gasteiger partial charge in [-0.2, -0.15) is 0 Å². The van der Waals surface area contributed by atoms with Gasteiger partial charge in [-0.1, -0.05) is 32.3 Å². The van der Waals surface area contributed by atoms with E-state index in [-0.39, 0.29) is 31.3 Å². The Bertz CT molecular complexity index is 2100. The summed E-state index contributed by atoms with van der Waals surface area (Å²) in [5, 5.41) is 14.1. The predicted molar refractivity (Wildman–Crippen MR) is 207 cm³/mol. The number of rotatable bonds is 16. The number of fused-ring (bicyclic) bond motifs is 1. The molecule has 14 heteroatoms. The van der Waals surface area contributed by atoms with E-state index >= 15 is 0 Å². The van der Waals surface area contributed by atoms with Crippen molar-refractivity contribution in [1.82, 2.24) is 29.8 Å². The highest BCUT2D eigenvalue weighted by Gasteiger charge is 2.22. The fraction of sp³-hybridized carbons (Fsp3) is 0.350. The molecule has 3 N–H and O–H groups in total. The molecule has 0 unspecified atom stereocenters. The second kappa shape index (κ2) is 18.5. The van der Waals surface area contributed by atoms with Crippen molar-refractivity contribution in [2.75, 3.05) is 23.4 Å². The predicted octanol–water partition coefficient (Wildman–Crippen LogP) is 6.71. The lowest BCUT2D eigenvalue weighted by atomic mass is 10.1. The van der Waals surface area contributed by atoms with Crippen molar-refractivity contribution in [3.8, 4) is 0 Å². The number of ether oxygens (including phenoxy) is 2. The number of aryl methyl sites for hydroxylation is 4. The molecule has 0 aliphatic carbocycles. The standard InChI is InChI=1S/C40H47N9O5/c1-6-7-8-11-22-53-40(52)47-38(41)29-13-16-31(17-14-29)43-24-36-46-32-23-30(15-18-34(32)48(36)5)39(51)49(35-12-9-10-20-42-35)21-19-37(50)54-25-33-28(4)44-26(2)27(3)45-33/h9-10,12-18,20,23,43H,6-8,11,19,21-22,24-25H2,1-5H3,(H2,41,47,52). The highest BCUT2D eigenvalue weighted by molar-refractivity contribution is 6.07. The zero-order valence-corrected chi connectivity index (χ0v) is 31.4. The number of aromatic nitrogens is 5. The number of anilines is 2. The molecule has 2 aromatic carbocycles. The van der Waals surface area contributed by atoms with E-state index < -0.39 is 12.1 Å². The van der Waals surface area contributed by atoms with Crippen LogP contribution in [0.5, 0.6) is 0 Å². The fourth-order valence-electron chi connectivity index (χ4n) is 5.69. The van der Waals surface area contributed by atoms with E-state index in [0.29, 0.717) is 47.0 Å². The maximum atomic E-state index is 13.9. The highest BCUT2D eigenvalue weighted by atomic mass is 16.5. The number of amides is 2. The lowest BCUT2D eigenvalue weighted by Gasteiger charge is -2.21. The van der Waals surface area contributed by atoms with Crippen LogP contribution in [0.2, 0.25) is 0 Å². The minimum Gasteiger partial charge on any atom is -0.459 e. The molecule has 5 rings (SSSR count). The van der Waals surface area contributed by atoms with E-state index in [2.05, 4.69) is 32.5 Å². The Morgan fingerprint density at radius 1 is 0.870 bits per heavy atom. The van der Waals surface area contributed by atoms with Gasteiger partial charge in [-0.05, 0) is 81.8 Å². The van der Waals surface area contributed by atoms with Crippen LogP contribution >= 0.6 is 0 Å². The van der Waals surface area contributed by atoms with Crippen LogP contribution in [-0.4, -0.2) is 61.5 Å². The summed E-state index contributed by atoms with van der Waals surface area (Å²) in [5.74, 6) is 0.304. The Kier molecular flexibility index (Phi) is 13.4. The third-order valence-electron chi connectivity index (χ3n) is 8.96. The Morgan fingerprint density at radius 2 is 1.63 bits per heavy atom. The summed E-state index contributed by atoms with van der Waals surface area (Å²) in [4.78, 5) is 58.4. The number of nitrogens with one attached hydrogen (secondary N) is 3. The highest BCUT2D eigenvalue weighted by Crippen LogP contribution is 2.22. The van der Waals surface area contributed by atoms with Gasteiger partial charge in [-0.3, -0.25) is 35.2 Å². The molecule has 0 saturated heterocycles. The zero-order chi connectivity index (χ0) is 38.6. The van der Waals surface area contributed by atoms with Crippen molar-refractivity contribution in [1.29, 1.82) is 5.41 Å². The topological polar surface area (TPSA) is 177 Å². The normalized spacial score (nSPS) is 10.9. The van der Waals surface area contributed by atoms with Gasteiger partial charge in [0.1, 0.15) is 24.1 Å². The molecule has 5 aromatic rings. The average Bonchev–Trinajstić information content (AvgIpc) is 3.49. The monoisotopic (exact) mass is 733 g/mol. The first-order valence-electron chi connectivity index (χ1n) is 18.0. The van der Waals surface area contributed by atoms with Gasteiger partial charge in [-0.25, -0.2) is 14.8 Å². The van der Waals surface area contributed by atoms with Crippen LogP contribution in [0, 0.1) is 26.2 Å². The average molecular weight is 734 g/mol. The number of carbonyl (C=O) groups is 3. The van der Waals surface area contributed by atoms with Gasteiger partial charge >= 0.3 is 12.1 Å². The van der Waals surface area contributed by atoms with Crippen molar-refractivity contribution < 1.29 is 23.9 Å². The number of hydrogen-bond donors (Lipinski definition) is 3. The summed E-state index contributed by atoms with van der Waals surface area (Å²) in [6.07, 6.45) is 4.92. The minimum absolute atomic E-state index is 0.00524. The van der Waals surface area contributed by atoms with Crippen molar-refractivity contribution in [3.63, 3.8) is 0 Å². The molecule has 0 aliphatic heterocycles. The van der Waals surface area contributed by atoms with Crippen LogP contribution in [0.4, 0.5) is 16.3 Å². The first-order chi connectivity index (χ1) is 26.0. The Balaban J connectivity index is 1.20. The van der Waals surface area contributed by atoms with E-state index in [4.69, 9.17) is 19.9 Å². The van der Waals surface area contributed by atoms with Gasteiger partial charge in [-0.15, -0.1) is 0 Å². The fourth-order valence-corrected chi connectivity index (χ4v) is 5.69. The molecular weight excluding hydrogens is 686 g/mol. The Morgan fingerprint density at radius 3 is 2.37 bits per heavy atom. The zero-order valence-electron chi connectivity index (χ0n) is 31.4. The number of benzene rings is 2. The quantitative estimate of drug-likeness (QED) is 0.0428. The number of nitrogens with zero attached hydrogens (tertiary/aromatic N) is 6. The van der Waals surface area contributed by atoms with Crippen LogP contribution < -0.4 is 15.5 Å². The third-order valence-corrected chi connectivity index (χ3v) is 8.96. The first kappa shape index (κ1) is 39.0. The van der Waals surface area contributed by atoms with E-state index in [1.165, 1.54) is 4.90 Å². The summed E-state index contributed by atoms with van der Waals surface area (Å²) in [6, 6.07) is 17.7. The summed E-state index contributed by atoms with van der Waals surface area (Å²) < 4.78 is 12.6. The second-order valence-electron chi connectivity index (χ2n) is 12.9. The first-order valence-corrected chi connectivity index (χ1v) is 18.0. The Labute approximate surface area is 314 Å². The molecule has 0 spiro atoms. The van der Waals surface area contributed by atoms with Gasteiger partial charge < -0.3 is 19.4 Å². The number of esters is 1. The van der Waals surface area contributed by atoms with Gasteiger partial charge in [0.25, 0.3) is 5.91 Å². The molecule has 54 heavy (non-hydrogen) atoms. The van der Waals surface area contributed by atoms with Crippen molar-refractivity contribution in [2.24, 2.45) is 7.05 Å². The molecule has 3 heterocycles. The molecule has 0 radical (unpaired) electrons. The van der Waals surface area contributed by atoms with Crippen LogP contribution in [0.15, 0.2) is 66.9 Å². The van der Waals surface area contributed by atoms with Crippen LogP contribution in [0.3, 0.4) is 0 Å². The molecule has 0 atom stereocenters. The third kappa shape index (κ3) is 10.2. The molecule has 0 aliphatic rings. The molecular formula is C40H47N9O5. The lowest BCUT2D eigenvalue weighted by Crippen LogP contribution is -2.34. The van der Waals surface area contributed by atoms with Gasteiger partial charge in [0, 0.05) is 36.6 Å². The molecule has 0 fully saturated rings. The number of carbonyl (C=O) groups excluding carboxylic acids is 3. The van der Waals surface area contributed by atoms with Crippen molar-refractivity contribution >= 4 is 46.3 Å². The molecule has 0 bridgehead atoms. The summed E-state index contributed by atoms with van der Waals surface area (Å²) in [5.41, 5.74) is 6.12. The minimum atomic E-state index is -0.634. The van der Waals surface area contributed by atoms with E-state index in [0.717, 1.165) is 54.1 Å². The van der Waals surface area contributed by atoms with Gasteiger partial charge in [0.05, 0.1) is 53.4 Å². The molecule has 14 nitrogen and oxygen atoms in total. The van der Waals surface area contributed by atoms with Gasteiger partial charge in [0.15, 0.2) is 0 Å². The molecule has 2 amide bonds. The number of amidine groups is 1. The molecule has 0 saturated carbocycles. The van der Waals surface area contributed by atoms with Crippen LogP contribution in [0.1, 0.15) is 83.5 Å². The van der Waals surface area contributed by atoms with Crippen molar-refractivity contribution in [3.05, 3.63) is 107 Å². The molecule has 282 valence electrons. The second-order valence-corrected chi connectivity index (χ2v) is 12.9. The number of hydrogen-bond acceptors (Lipinski definition) is 11. The Hall–Kier alpha value is -6.18. The van der Waals surface area contributed by atoms with Crippen LogP contribution in [0.25, 0.3) is 11.0 Å². The number of unbranched alkanes of at least 4 members (excludes halogenated alkanes) is 3. The van der Waals surface area contributed by atoms with E-state index in [9.17, 15) is 14.4 Å². The summed E-state index contributed by atoms with van der Waals surface area (Å²) in [7, 11) is 1.91. The van der Waals surface area contributed by atoms with Gasteiger partial charge in [0.2, 0.25) is 0 Å².